The molecule has 0 aliphatic carbocycles. The Labute approximate surface area is 131 Å². The number of nitrogens with zero attached hydrogens (tertiary/aromatic N) is 1. The Morgan fingerprint density at radius 3 is 2.59 bits per heavy atom. The van der Waals surface area contributed by atoms with Gasteiger partial charge in [0.15, 0.2) is 11.5 Å². The van der Waals surface area contributed by atoms with Crippen molar-refractivity contribution in [2.45, 2.75) is 39.8 Å². The summed E-state index contributed by atoms with van der Waals surface area (Å²) in [4.78, 5) is 13.9. The summed E-state index contributed by atoms with van der Waals surface area (Å²) in [6.07, 6.45) is 0. The average Bonchev–Trinajstić information content (AvgIpc) is 2.45. The number of fused-ring (bicyclic) bond motifs is 1. The lowest BCUT2D eigenvalue weighted by Crippen LogP contribution is -2.45. The predicted octanol–water partition coefficient (Wildman–Crippen LogP) is 3.13. The third-order valence-corrected chi connectivity index (χ3v) is 3.61. The molecule has 0 N–H and O–H groups in total. The molecule has 2 rings (SSSR count). The van der Waals surface area contributed by atoms with Crippen LogP contribution in [0.5, 0.6) is 17.2 Å². The van der Waals surface area contributed by atoms with Crippen molar-refractivity contribution in [2.24, 2.45) is 0 Å². The van der Waals surface area contributed by atoms with E-state index in [4.69, 9.17) is 14.2 Å². The molecule has 0 fully saturated rings. The molecular weight excluding hydrogens is 282 g/mol. The normalized spacial score (nSPS) is 14.8. The summed E-state index contributed by atoms with van der Waals surface area (Å²) in [7, 11) is 1.56. The molecule has 1 aromatic rings. The minimum Gasteiger partial charge on any atom is -0.492 e. The fourth-order valence-corrected chi connectivity index (χ4v) is 2.18. The predicted molar refractivity (Wildman–Crippen MR) is 84.2 cm³/mol. The quantitative estimate of drug-likeness (QED) is 0.488. The molecular formula is C17H23NO4. The van der Waals surface area contributed by atoms with Gasteiger partial charge in [-0.1, -0.05) is 6.58 Å². The first-order chi connectivity index (χ1) is 10.2. The first kappa shape index (κ1) is 16.4. The maximum atomic E-state index is 11.8. The topological polar surface area (TPSA) is 48.0 Å². The van der Waals surface area contributed by atoms with Gasteiger partial charge in [-0.2, -0.15) is 0 Å². The molecule has 5 nitrogen and oxygen atoms in total. The Kier molecular flexibility index (Phi) is 4.47. The molecule has 1 aromatic carbocycles. The zero-order valence-electron chi connectivity index (χ0n) is 13.9. The molecule has 0 atom stereocenters. The van der Waals surface area contributed by atoms with Crippen LogP contribution in [-0.2, 0) is 11.3 Å². The molecule has 1 aliphatic rings. The lowest BCUT2D eigenvalue weighted by atomic mass is 10.0. The molecule has 1 heterocycles. The fourth-order valence-electron chi connectivity index (χ4n) is 2.18. The fraction of sp³-hybridized carbons (Fsp3) is 0.471. The number of carbonyl (C=O) groups is 1. The van der Waals surface area contributed by atoms with Crippen molar-refractivity contribution in [1.29, 1.82) is 0 Å². The van der Waals surface area contributed by atoms with Crippen molar-refractivity contribution in [2.75, 3.05) is 13.8 Å². The van der Waals surface area contributed by atoms with Gasteiger partial charge in [0.25, 0.3) is 0 Å². The standard InChI is InChI=1S/C17H23NO4/c1-11(2)16(19)22-14-8-7-13-12(15(14)20-6)9-18(10-21-13)17(3,4)5/h7-8H,1,9-10H2,2-6H3. The number of carbonyl (C=O) groups excluding carboxylic acids is 1. The second-order valence-corrected chi connectivity index (χ2v) is 6.39. The van der Waals surface area contributed by atoms with Gasteiger partial charge in [-0.15, -0.1) is 0 Å². The Morgan fingerprint density at radius 1 is 1.36 bits per heavy atom. The van der Waals surface area contributed by atoms with E-state index in [0.29, 0.717) is 30.3 Å². The van der Waals surface area contributed by atoms with Crippen LogP contribution < -0.4 is 14.2 Å². The molecule has 0 spiro atoms. The summed E-state index contributed by atoms with van der Waals surface area (Å²) in [5.41, 5.74) is 1.19. The van der Waals surface area contributed by atoms with Gasteiger partial charge in [-0.25, -0.2) is 4.79 Å². The van der Waals surface area contributed by atoms with Crippen LogP contribution in [0.3, 0.4) is 0 Å². The minimum atomic E-state index is -0.470. The molecule has 0 saturated carbocycles. The molecule has 5 heteroatoms. The number of methoxy groups -OCH3 is 1. The lowest BCUT2D eigenvalue weighted by Gasteiger charge is -2.39. The van der Waals surface area contributed by atoms with Crippen LogP contribution in [-0.4, -0.2) is 30.2 Å². The number of hydrogen-bond acceptors (Lipinski definition) is 5. The molecule has 0 bridgehead atoms. The van der Waals surface area contributed by atoms with Gasteiger partial charge >= 0.3 is 5.97 Å². The van der Waals surface area contributed by atoms with Gasteiger partial charge in [-0.3, -0.25) is 4.90 Å². The van der Waals surface area contributed by atoms with E-state index in [1.54, 1.807) is 26.2 Å². The summed E-state index contributed by atoms with van der Waals surface area (Å²) in [5, 5.41) is 0. The third-order valence-electron chi connectivity index (χ3n) is 3.61. The zero-order chi connectivity index (χ0) is 16.5. The molecule has 0 radical (unpaired) electrons. The molecule has 22 heavy (non-hydrogen) atoms. The van der Waals surface area contributed by atoms with E-state index in [1.165, 1.54) is 0 Å². The highest BCUT2D eigenvalue weighted by Gasteiger charge is 2.30. The van der Waals surface area contributed by atoms with Gasteiger partial charge in [0.05, 0.1) is 12.7 Å². The Hall–Kier alpha value is -2.01. The Bertz CT molecular complexity index is 601. The molecule has 0 aromatic heterocycles. The second kappa shape index (κ2) is 6.01. The number of benzene rings is 1. The first-order valence-electron chi connectivity index (χ1n) is 7.19. The number of hydrogen-bond donors (Lipinski definition) is 0. The first-order valence-corrected chi connectivity index (χ1v) is 7.19. The van der Waals surface area contributed by atoms with Gasteiger partial charge in [0.1, 0.15) is 12.5 Å². The highest BCUT2D eigenvalue weighted by molar-refractivity contribution is 5.89. The van der Waals surface area contributed by atoms with Gasteiger partial charge in [0, 0.05) is 17.7 Å². The van der Waals surface area contributed by atoms with Crippen LogP contribution in [0.1, 0.15) is 33.3 Å². The van der Waals surface area contributed by atoms with Crippen molar-refractivity contribution in [3.05, 3.63) is 29.8 Å². The van der Waals surface area contributed by atoms with Crippen LogP contribution in [0.15, 0.2) is 24.3 Å². The maximum Gasteiger partial charge on any atom is 0.338 e. The van der Waals surface area contributed by atoms with E-state index < -0.39 is 5.97 Å². The molecule has 1 aliphatic heterocycles. The van der Waals surface area contributed by atoms with Crippen molar-refractivity contribution >= 4 is 5.97 Å². The van der Waals surface area contributed by atoms with Crippen molar-refractivity contribution in [3.8, 4) is 17.2 Å². The summed E-state index contributed by atoms with van der Waals surface area (Å²) < 4.78 is 16.6. The number of esters is 1. The minimum absolute atomic E-state index is 0.0346. The van der Waals surface area contributed by atoms with Crippen LogP contribution in [0.25, 0.3) is 0 Å². The second-order valence-electron chi connectivity index (χ2n) is 6.39. The van der Waals surface area contributed by atoms with Crippen molar-refractivity contribution in [3.63, 3.8) is 0 Å². The van der Waals surface area contributed by atoms with Crippen molar-refractivity contribution < 1.29 is 19.0 Å². The lowest BCUT2D eigenvalue weighted by molar-refractivity contribution is -0.130. The average molecular weight is 305 g/mol. The zero-order valence-corrected chi connectivity index (χ0v) is 13.9. The summed E-state index contributed by atoms with van der Waals surface area (Å²) in [5.74, 6) is 1.20. The van der Waals surface area contributed by atoms with Gasteiger partial charge < -0.3 is 14.2 Å². The van der Waals surface area contributed by atoms with E-state index in [-0.39, 0.29) is 5.54 Å². The van der Waals surface area contributed by atoms with Crippen LogP contribution in [0.2, 0.25) is 0 Å². The van der Waals surface area contributed by atoms with Crippen LogP contribution >= 0.6 is 0 Å². The van der Waals surface area contributed by atoms with Crippen LogP contribution in [0.4, 0.5) is 0 Å². The SMILES string of the molecule is C=C(C)C(=O)Oc1ccc2c(c1OC)CN(C(C)(C)C)CO2. The van der Waals surface area contributed by atoms with E-state index in [0.717, 1.165) is 11.3 Å². The summed E-state index contributed by atoms with van der Waals surface area (Å²) in [6.45, 7) is 12.8. The van der Waals surface area contributed by atoms with Crippen LogP contribution in [0, 0.1) is 0 Å². The molecule has 0 saturated heterocycles. The number of rotatable bonds is 3. The Balaban J connectivity index is 2.38. The summed E-state index contributed by atoms with van der Waals surface area (Å²) >= 11 is 0. The largest absolute Gasteiger partial charge is 0.492 e. The van der Waals surface area contributed by atoms with Gasteiger partial charge in [0.2, 0.25) is 0 Å². The maximum absolute atomic E-state index is 11.8. The number of ether oxygens (including phenoxy) is 3. The smallest absolute Gasteiger partial charge is 0.338 e. The highest BCUT2D eigenvalue weighted by atomic mass is 16.6. The van der Waals surface area contributed by atoms with E-state index in [9.17, 15) is 4.79 Å². The van der Waals surface area contributed by atoms with Crippen molar-refractivity contribution in [1.82, 2.24) is 4.90 Å². The molecule has 0 unspecified atom stereocenters. The van der Waals surface area contributed by atoms with E-state index in [1.807, 2.05) is 0 Å². The molecule has 0 amide bonds. The summed E-state index contributed by atoms with van der Waals surface area (Å²) in [6, 6.07) is 3.49. The van der Waals surface area contributed by atoms with E-state index >= 15 is 0 Å². The Morgan fingerprint density at radius 2 is 2.05 bits per heavy atom. The van der Waals surface area contributed by atoms with Gasteiger partial charge in [-0.05, 0) is 39.8 Å². The third kappa shape index (κ3) is 3.25. The highest BCUT2D eigenvalue weighted by Crippen LogP contribution is 2.41. The monoisotopic (exact) mass is 305 g/mol. The molecule has 120 valence electrons. The van der Waals surface area contributed by atoms with E-state index in [2.05, 4.69) is 32.3 Å².